The summed E-state index contributed by atoms with van der Waals surface area (Å²) < 4.78 is 11.1. The minimum atomic E-state index is -0.523. The van der Waals surface area contributed by atoms with Gasteiger partial charge in [0, 0.05) is 5.69 Å². The van der Waals surface area contributed by atoms with Gasteiger partial charge in [0.2, 0.25) is 5.91 Å². The Labute approximate surface area is 152 Å². The Kier molecular flexibility index (Phi) is 5.11. The van der Waals surface area contributed by atoms with Crippen LogP contribution in [0.25, 0.3) is 0 Å². The van der Waals surface area contributed by atoms with E-state index >= 15 is 0 Å². The van der Waals surface area contributed by atoms with Crippen molar-refractivity contribution in [3.05, 3.63) is 47.5 Å². The zero-order valence-electron chi connectivity index (χ0n) is 15.1. The molecule has 3 rings (SSSR count). The lowest BCUT2D eigenvalue weighted by molar-refractivity contribution is -0.122. The monoisotopic (exact) mass is 354 g/mol. The number of ether oxygens (including phenoxy) is 2. The molecule has 1 atom stereocenters. The first-order valence-electron chi connectivity index (χ1n) is 8.53. The third-order valence-electron chi connectivity index (χ3n) is 3.99. The summed E-state index contributed by atoms with van der Waals surface area (Å²) in [5, 5.41) is 5.56. The van der Waals surface area contributed by atoms with Crippen molar-refractivity contribution < 1.29 is 19.1 Å². The quantitative estimate of drug-likeness (QED) is 0.862. The van der Waals surface area contributed by atoms with Crippen molar-refractivity contribution in [3.63, 3.8) is 0 Å². The van der Waals surface area contributed by atoms with Crippen LogP contribution in [0.5, 0.6) is 11.5 Å². The van der Waals surface area contributed by atoms with Crippen LogP contribution in [0.3, 0.4) is 0 Å². The van der Waals surface area contributed by atoms with E-state index in [0.717, 1.165) is 16.9 Å². The summed E-state index contributed by atoms with van der Waals surface area (Å²) in [6, 6.07) is 11.1. The molecule has 2 N–H and O–H groups in total. The molecule has 0 fully saturated rings. The van der Waals surface area contributed by atoms with Crippen molar-refractivity contribution >= 4 is 23.2 Å². The van der Waals surface area contributed by atoms with Gasteiger partial charge in [-0.05, 0) is 62.2 Å². The topological polar surface area (TPSA) is 76.7 Å². The summed E-state index contributed by atoms with van der Waals surface area (Å²) in [7, 11) is 0. The molecule has 1 aliphatic rings. The maximum Gasteiger partial charge on any atom is 0.265 e. The molecule has 136 valence electrons. The Bertz CT molecular complexity index is 827. The summed E-state index contributed by atoms with van der Waals surface area (Å²) in [6.07, 6.45) is -0.297. The zero-order valence-corrected chi connectivity index (χ0v) is 15.1. The maximum atomic E-state index is 12.1. The second-order valence-electron chi connectivity index (χ2n) is 6.43. The molecule has 0 spiro atoms. The molecular formula is C20H22N2O4. The molecule has 0 saturated heterocycles. The zero-order chi connectivity index (χ0) is 18.7. The lowest BCUT2D eigenvalue weighted by atomic mass is 10.1. The highest BCUT2D eigenvalue weighted by atomic mass is 16.5. The number of benzene rings is 2. The normalized spacial score (nSPS) is 15.5. The largest absolute Gasteiger partial charge is 0.493 e. The SMILES string of the molecule is Cc1cc(C)cc(OCCC(=O)Nc2ccc3c(c2)NC(=O)C(C)O3)c1. The summed E-state index contributed by atoms with van der Waals surface area (Å²) in [6.45, 7) is 5.98. The molecule has 1 unspecified atom stereocenters. The first kappa shape index (κ1) is 17.8. The highest BCUT2D eigenvalue weighted by Crippen LogP contribution is 2.32. The van der Waals surface area contributed by atoms with Crippen LogP contribution in [-0.2, 0) is 9.59 Å². The van der Waals surface area contributed by atoms with Crippen LogP contribution < -0.4 is 20.1 Å². The Morgan fingerprint density at radius 2 is 1.92 bits per heavy atom. The molecule has 0 aromatic heterocycles. The highest BCUT2D eigenvalue weighted by molar-refractivity contribution is 5.99. The average Bonchev–Trinajstić information content (AvgIpc) is 2.55. The van der Waals surface area contributed by atoms with E-state index in [-0.39, 0.29) is 24.8 Å². The fourth-order valence-electron chi connectivity index (χ4n) is 2.79. The molecule has 0 bridgehead atoms. The van der Waals surface area contributed by atoms with E-state index in [9.17, 15) is 9.59 Å². The molecule has 2 aromatic carbocycles. The van der Waals surface area contributed by atoms with E-state index < -0.39 is 6.10 Å². The van der Waals surface area contributed by atoms with Crippen molar-refractivity contribution in [2.75, 3.05) is 17.2 Å². The Morgan fingerprint density at radius 3 is 2.65 bits per heavy atom. The number of carbonyl (C=O) groups is 2. The second kappa shape index (κ2) is 7.47. The second-order valence-corrected chi connectivity index (χ2v) is 6.43. The van der Waals surface area contributed by atoms with Gasteiger partial charge in [-0.3, -0.25) is 9.59 Å². The molecule has 0 radical (unpaired) electrons. The van der Waals surface area contributed by atoms with Crippen LogP contribution in [-0.4, -0.2) is 24.5 Å². The number of carbonyl (C=O) groups excluding carboxylic acids is 2. The molecule has 0 aliphatic carbocycles. The number of aryl methyl sites for hydroxylation is 2. The van der Waals surface area contributed by atoms with E-state index in [1.165, 1.54) is 0 Å². The van der Waals surface area contributed by atoms with Crippen LogP contribution in [0.15, 0.2) is 36.4 Å². The third-order valence-corrected chi connectivity index (χ3v) is 3.99. The number of hydrogen-bond acceptors (Lipinski definition) is 4. The Balaban J connectivity index is 1.54. The predicted molar refractivity (Wildman–Crippen MR) is 99.8 cm³/mol. The summed E-state index contributed by atoms with van der Waals surface area (Å²) in [4.78, 5) is 23.8. The van der Waals surface area contributed by atoms with Gasteiger partial charge in [-0.15, -0.1) is 0 Å². The van der Waals surface area contributed by atoms with Crippen LogP contribution in [0.2, 0.25) is 0 Å². The van der Waals surface area contributed by atoms with Crippen LogP contribution >= 0.6 is 0 Å². The van der Waals surface area contributed by atoms with E-state index in [2.05, 4.69) is 16.7 Å². The maximum absolute atomic E-state index is 12.1. The van der Waals surface area contributed by atoms with Gasteiger partial charge in [0.25, 0.3) is 5.91 Å². The van der Waals surface area contributed by atoms with Crippen molar-refractivity contribution in [1.29, 1.82) is 0 Å². The summed E-state index contributed by atoms with van der Waals surface area (Å²) in [5.74, 6) is 0.986. The standard InChI is InChI=1S/C20H22N2O4/c1-12-8-13(2)10-16(9-12)25-7-6-19(23)21-15-4-5-18-17(11-15)22-20(24)14(3)26-18/h4-5,8-11,14H,6-7H2,1-3H3,(H,21,23)(H,22,24). The number of amides is 2. The molecule has 2 aromatic rings. The van der Waals surface area contributed by atoms with Crippen LogP contribution in [0.1, 0.15) is 24.5 Å². The number of fused-ring (bicyclic) bond motifs is 1. The van der Waals surface area contributed by atoms with E-state index in [0.29, 0.717) is 17.1 Å². The number of rotatable bonds is 5. The molecule has 1 aliphatic heterocycles. The highest BCUT2D eigenvalue weighted by Gasteiger charge is 2.23. The fraction of sp³-hybridized carbons (Fsp3) is 0.300. The van der Waals surface area contributed by atoms with Crippen LogP contribution in [0.4, 0.5) is 11.4 Å². The molecule has 1 heterocycles. The minimum Gasteiger partial charge on any atom is -0.493 e. The van der Waals surface area contributed by atoms with Gasteiger partial charge < -0.3 is 20.1 Å². The molecule has 26 heavy (non-hydrogen) atoms. The van der Waals surface area contributed by atoms with Crippen molar-refractivity contribution in [2.45, 2.75) is 33.3 Å². The number of nitrogens with one attached hydrogen (secondary N) is 2. The lowest BCUT2D eigenvalue weighted by Gasteiger charge is -2.23. The first-order chi connectivity index (χ1) is 12.4. The third kappa shape index (κ3) is 4.33. The van der Waals surface area contributed by atoms with Gasteiger partial charge in [0.15, 0.2) is 6.10 Å². The minimum absolute atomic E-state index is 0.161. The molecule has 2 amide bonds. The number of anilines is 2. The fourth-order valence-corrected chi connectivity index (χ4v) is 2.79. The van der Waals surface area contributed by atoms with Gasteiger partial charge in [-0.25, -0.2) is 0 Å². The van der Waals surface area contributed by atoms with Crippen LogP contribution in [0, 0.1) is 13.8 Å². The van der Waals surface area contributed by atoms with Gasteiger partial charge in [-0.2, -0.15) is 0 Å². The van der Waals surface area contributed by atoms with Gasteiger partial charge in [-0.1, -0.05) is 6.07 Å². The van der Waals surface area contributed by atoms with Crippen molar-refractivity contribution in [2.24, 2.45) is 0 Å². The molecule has 0 saturated carbocycles. The van der Waals surface area contributed by atoms with Gasteiger partial charge in [0.05, 0.1) is 18.7 Å². The molecular weight excluding hydrogens is 332 g/mol. The van der Waals surface area contributed by atoms with Gasteiger partial charge >= 0.3 is 0 Å². The number of hydrogen-bond donors (Lipinski definition) is 2. The van der Waals surface area contributed by atoms with Crippen molar-refractivity contribution in [3.8, 4) is 11.5 Å². The Morgan fingerprint density at radius 1 is 1.19 bits per heavy atom. The predicted octanol–water partition coefficient (Wildman–Crippen LogP) is 3.43. The molecule has 6 heteroatoms. The van der Waals surface area contributed by atoms with E-state index in [1.807, 2.05) is 26.0 Å². The summed E-state index contributed by atoms with van der Waals surface area (Å²) in [5.41, 5.74) is 3.39. The summed E-state index contributed by atoms with van der Waals surface area (Å²) >= 11 is 0. The smallest absolute Gasteiger partial charge is 0.265 e. The first-order valence-corrected chi connectivity index (χ1v) is 8.53. The van der Waals surface area contributed by atoms with E-state index in [1.54, 1.807) is 25.1 Å². The Hall–Kier alpha value is -3.02. The molecule has 6 nitrogen and oxygen atoms in total. The lowest BCUT2D eigenvalue weighted by Crippen LogP contribution is -2.34. The van der Waals surface area contributed by atoms with Gasteiger partial charge in [0.1, 0.15) is 11.5 Å². The van der Waals surface area contributed by atoms with Crippen molar-refractivity contribution in [1.82, 2.24) is 0 Å². The van der Waals surface area contributed by atoms with E-state index in [4.69, 9.17) is 9.47 Å². The average molecular weight is 354 g/mol.